The van der Waals surface area contributed by atoms with Crippen LogP contribution in [-0.4, -0.2) is 46.9 Å². The Morgan fingerprint density at radius 2 is 0.857 bits per heavy atom. The van der Waals surface area contributed by atoms with Gasteiger partial charge in [0.05, 0.1) is 25.2 Å². The molecule has 0 aliphatic carbocycles. The number of unbranched alkanes of at least 4 members (excludes halogenated alkanes) is 31. The highest BCUT2D eigenvalue weighted by Gasteiger charge is 2.24. The number of aliphatic hydroxyl groups is 2. The molecule has 0 rings (SSSR count). The van der Waals surface area contributed by atoms with E-state index in [0.29, 0.717) is 19.3 Å². The van der Waals surface area contributed by atoms with Crippen LogP contribution in [0.1, 0.15) is 271 Å². The van der Waals surface area contributed by atoms with E-state index in [-0.39, 0.29) is 24.9 Å². The number of rotatable bonds is 45. The first-order valence-corrected chi connectivity index (χ1v) is 24.9. The fraction of sp³-hybridized carbons (Fsp3) is 0.920. The first kappa shape index (κ1) is 54.6. The third kappa shape index (κ3) is 39.4. The Bertz CT molecular complexity index is 847. The quantitative estimate of drug-likeness (QED) is 0.0324. The molecule has 0 spiro atoms. The number of aliphatic hydroxyl groups excluding tert-OH is 2. The summed E-state index contributed by atoms with van der Waals surface area (Å²) >= 11 is 0. The van der Waals surface area contributed by atoms with Crippen LogP contribution in [0, 0.1) is 0 Å². The van der Waals surface area contributed by atoms with E-state index >= 15 is 0 Å². The Labute approximate surface area is 349 Å². The monoisotopic (exact) mass is 792 g/mol. The van der Waals surface area contributed by atoms with Crippen molar-refractivity contribution in [1.82, 2.24) is 5.32 Å². The number of hydrogen-bond acceptors (Lipinski definition) is 5. The van der Waals surface area contributed by atoms with Crippen LogP contribution in [0.2, 0.25) is 0 Å². The maximum Gasteiger partial charge on any atom is 0.306 e. The number of esters is 1. The van der Waals surface area contributed by atoms with Gasteiger partial charge < -0.3 is 20.3 Å². The van der Waals surface area contributed by atoms with Crippen molar-refractivity contribution in [2.24, 2.45) is 0 Å². The summed E-state index contributed by atoms with van der Waals surface area (Å²) in [4.78, 5) is 26.0. The molecule has 0 aliphatic rings. The minimum absolute atomic E-state index is 0.0784. The Hall–Kier alpha value is -1.40. The van der Waals surface area contributed by atoms with Gasteiger partial charge in [-0.15, -0.1) is 0 Å². The number of ether oxygens (including phenoxy) is 1. The Morgan fingerprint density at radius 1 is 0.500 bits per heavy atom. The number of amides is 1. The van der Waals surface area contributed by atoms with Crippen LogP contribution in [0.5, 0.6) is 0 Å². The van der Waals surface area contributed by atoms with Crippen molar-refractivity contribution in [2.45, 2.75) is 289 Å². The average molecular weight is 792 g/mol. The second-order valence-corrected chi connectivity index (χ2v) is 17.2. The molecule has 56 heavy (non-hydrogen) atoms. The minimum Gasteiger partial charge on any atom is -0.462 e. The fourth-order valence-corrected chi connectivity index (χ4v) is 7.78. The summed E-state index contributed by atoms with van der Waals surface area (Å²) in [5.41, 5.74) is 0. The molecule has 1 amide bonds. The summed E-state index contributed by atoms with van der Waals surface area (Å²) in [5, 5.41) is 23.7. The van der Waals surface area contributed by atoms with Crippen molar-refractivity contribution in [1.29, 1.82) is 0 Å². The predicted molar refractivity (Wildman–Crippen MR) is 241 cm³/mol. The molecular weight excluding hydrogens is 695 g/mol. The second-order valence-electron chi connectivity index (χ2n) is 17.2. The molecule has 3 atom stereocenters. The van der Waals surface area contributed by atoms with E-state index in [1.54, 1.807) is 0 Å². The van der Waals surface area contributed by atoms with Crippen LogP contribution in [-0.2, 0) is 14.3 Å². The zero-order chi connectivity index (χ0) is 41.0. The molecule has 0 heterocycles. The van der Waals surface area contributed by atoms with E-state index in [9.17, 15) is 19.8 Å². The molecule has 6 heteroatoms. The van der Waals surface area contributed by atoms with Crippen LogP contribution in [0.4, 0.5) is 0 Å². The lowest BCUT2D eigenvalue weighted by Gasteiger charge is -2.24. The zero-order valence-electron chi connectivity index (χ0n) is 37.8. The highest BCUT2D eigenvalue weighted by Crippen LogP contribution is 2.18. The Kier molecular flexibility index (Phi) is 43.6. The largest absolute Gasteiger partial charge is 0.462 e. The summed E-state index contributed by atoms with van der Waals surface area (Å²) in [6.45, 7) is 6.48. The average Bonchev–Trinajstić information content (AvgIpc) is 3.19. The van der Waals surface area contributed by atoms with Crippen LogP contribution >= 0.6 is 0 Å². The zero-order valence-corrected chi connectivity index (χ0v) is 37.8. The van der Waals surface area contributed by atoms with Gasteiger partial charge in [-0.3, -0.25) is 9.59 Å². The lowest BCUT2D eigenvalue weighted by molar-refractivity contribution is -0.151. The van der Waals surface area contributed by atoms with Crippen molar-refractivity contribution in [3.05, 3.63) is 12.2 Å². The van der Waals surface area contributed by atoms with Gasteiger partial charge in [0.15, 0.2) is 0 Å². The van der Waals surface area contributed by atoms with Gasteiger partial charge in [-0.2, -0.15) is 0 Å². The summed E-state index contributed by atoms with van der Waals surface area (Å²) in [7, 11) is 0. The first-order chi connectivity index (χ1) is 27.5. The van der Waals surface area contributed by atoms with Gasteiger partial charge in [-0.05, 0) is 51.4 Å². The van der Waals surface area contributed by atoms with Gasteiger partial charge in [0.2, 0.25) is 5.91 Å². The lowest BCUT2D eigenvalue weighted by Crippen LogP contribution is -2.46. The number of carbonyl (C=O) groups excluding carboxylic acids is 2. The normalized spacial score (nSPS) is 13.3. The van der Waals surface area contributed by atoms with Gasteiger partial charge in [0, 0.05) is 6.42 Å². The molecular formula is C50H97NO5. The summed E-state index contributed by atoms with van der Waals surface area (Å²) < 4.78 is 5.92. The predicted octanol–water partition coefficient (Wildman–Crippen LogP) is 14.6. The molecule has 6 nitrogen and oxygen atoms in total. The topological polar surface area (TPSA) is 95.9 Å². The summed E-state index contributed by atoms with van der Waals surface area (Å²) in [6.07, 6.45) is 48.4. The summed E-state index contributed by atoms with van der Waals surface area (Å²) in [5.74, 6) is -0.478. The maximum absolute atomic E-state index is 13.2. The van der Waals surface area contributed by atoms with Crippen molar-refractivity contribution < 1.29 is 24.5 Å². The number of hydrogen-bond donors (Lipinski definition) is 3. The third-order valence-corrected chi connectivity index (χ3v) is 11.6. The lowest BCUT2D eigenvalue weighted by atomic mass is 10.0. The van der Waals surface area contributed by atoms with E-state index in [2.05, 4.69) is 38.2 Å². The van der Waals surface area contributed by atoms with Gasteiger partial charge in [0.25, 0.3) is 0 Å². The van der Waals surface area contributed by atoms with Gasteiger partial charge in [-0.1, -0.05) is 219 Å². The van der Waals surface area contributed by atoms with Crippen LogP contribution in [0.3, 0.4) is 0 Å². The molecule has 0 aromatic carbocycles. The van der Waals surface area contributed by atoms with E-state index in [4.69, 9.17) is 4.74 Å². The second kappa shape index (κ2) is 44.7. The van der Waals surface area contributed by atoms with E-state index in [0.717, 1.165) is 51.4 Å². The van der Waals surface area contributed by atoms with Crippen LogP contribution < -0.4 is 5.32 Å². The highest BCUT2D eigenvalue weighted by molar-refractivity contribution is 5.77. The molecule has 0 aliphatic heterocycles. The molecule has 0 saturated heterocycles. The standard InChI is InChI=1S/C50H97NO5/c1-4-7-10-13-16-19-22-24-27-29-32-35-38-41-46(56-50(55)43-40-37-34-31-28-25-23-20-17-14-11-8-5-2)44-49(54)51-47(45-52)48(53)42-39-36-33-30-26-21-18-15-12-9-6-3/h25,28,46-48,52-53H,4-24,26-27,29-45H2,1-3H3,(H,51,54)/b28-25-. The van der Waals surface area contributed by atoms with E-state index in [1.165, 1.54) is 173 Å². The van der Waals surface area contributed by atoms with Gasteiger partial charge in [-0.25, -0.2) is 0 Å². The molecule has 0 bridgehead atoms. The number of nitrogens with one attached hydrogen (secondary N) is 1. The Morgan fingerprint density at radius 3 is 1.27 bits per heavy atom. The van der Waals surface area contributed by atoms with E-state index < -0.39 is 18.2 Å². The molecule has 3 unspecified atom stereocenters. The van der Waals surface area contributed by atoms with Crippen LogP contribution in [0.25, 0.3) is 0 Å². The minimum atomic E-state index is -0.782. The third-order valence-electron chi connectivity index (χ3n) is 11.6. The molecule has 332 valence electrons. The first-order valence-electron chi connectivity index (χ1n) is 24.9. The smallest absolute Gasteiger partial charge is 0.306 e. The van der Waals surface area contributed by atoms with E-state index in [1.807, 2.05) is 0 Å². The molecule has 0 fully saturated rings. The van der Waals surface area contributed by atoms with Crippen molar-refractivity contribution in [3.63, 3.8) is 0 Å². The molecule has 0 aromatic heterocycles. The molecule has 3 N–H and O–H groups in total. The van der Waals surface area contributed by atoms with Gasteiger partial charge >= 0.3 is 5.97 Å². The van der Waals surface area contributed by atoms with Crippen molar-refractivity contribution in [3.8, 4) is 0 Å². The SMILES string of the molecule is CCCCCCCC/C=C\CCCCCC(=O)OC(CCCCCCCCCCCCCCC)CC(=O)NC(CO)C(O)CCCCCCCCCCCCC. The maximum atomic E-state index is 13.2. The van der Waals surface area contributed by atoms with Crippen LogP contribution in [0.15, 0.2) is 12.2 Å². The van der Waals surface area contributed by atoms with Crippen molar-refractivity contribution >= 4 is 11.9 Å². The number of carbonyl (C=O) groups is 2. The Balaban J connectivity index is 4.57. The fourth-order valence-electron chi connectivity index (χ4n) is 7.78. The molecule has 0 saturated carbocycles. The highest BCUT2D eigenvalue weighted by atomic mass is 16.5. The van der Waals surface area contributed by atoms with Crippen molar-refractivity contribution in [2.75, 3.05) is 6.61 Å². The van der Waals surface area contributed by atoms with Gasteiger partial charge in [0.1, 0.15) is 6.10 Å². The molecule has 0 aromatic rings. The molecule has 0 radical (unpaired) electrons. The number of allylic oxidation sites excluding steroid dienone is 2. The summed E-state index contributed by atoms with van der Waals surface area (Å²) in [6, 6.07) is -0.696.